The first kappa shape index (κ1) is 33.0. The van der Waals surface area contributed by atoms with Crippen molar-refractivity contribution in [2.24, 2.45) is 0 Å². The van der Waals surface area contributed by atoms with Crippen LogP contribution in [0.5, 0.6) is 0 Å². The monoisotopic (exact) mass is 505 g/mol. The first-order valence-electron chi connectivity index (χ1n) is 12.6. The van der Waals surface area contributed by atoms with Gasteiger partial charge in [0.2, 0.25) is 5.91 Å². The summed E-state index contributed by atoms with van der Waals surface area (Å²) in [6.45, 7) is 1.35. The summed E-state index contributed by atoms with van der Waals surface area (Å²) in [6, 6.07) is 0. The molecule has 36 heavy (non-hydrogen) atoms. The summed E-state index contributed by atoms with van der Waals surface area (Å²) in [4.78, 5) is 34.8. The molecule has 0 saturated carbocycles. The van der Waals surface area contributed by atoms with Crippen LogP contribution >= 0.6 is 0 Å². The SMILES string of the molecule is CCCC/C=C\C/C=C\C/C=C\C/C=C\C/C=C/C(=O)NCCOC(=O)CCC(=O)OC(CO)CO. The fourth-order valence-electron chi connectivity index (χ4n) is 2.65. The second kappa shape index (κ2) is 25.1. The Morgan fingerprint density at radius 2 is 1.31 bits per heavy atom. The molecule has 0 aromatic rings. The first-order chi connectivity index (χ1) is 17.5. The maximum absolute atomic E-state index is 11.7. The topological polar surface area (TPSA) is 122 Å². The second-order valence-corrected chi connectivity index (χ2v) is 7.86. The summed E-state index contributed by atoms with van der Waals surface area (Å²) < 4.78 is 9.67. The second-order valence-electron chi connectivity index (χ2n) is 7.86. The van der Waals surface area contributed by atoms with Gasteiger partial charge in [0.1, 0.15) is 12.7 Å². The molecule has 0 aliphatic rings. The van der Waals surface area contributed by atoms with Crippen LogP contribution < -0.4 is 5.32 Å². The van der Waals surface area contributed by atoms with Crippen molar-refractivity contribution in [2.45, 2.75) is 70.8 Å². The number of nitrogens with one attached hydrogen (secondary N) is 1. The molecule has 0 aliphatic carbocycles. The Morgan fingerprint density at radius 3 is 1.86 bits per heavy atom. The van der Waals surface area contributed by atoms with E-state index in [1.54, 1.807) is 6.08 Å². The smallest absolute Gasteiger partial charge is 0.306 e. The van der Waals surface area contributed by atoms with E-state index >= 15 is 0 Å². The summed E-state index contributed by atoms with van der Waals surface area (Å²) in [5.74, 6) is -1.60. The van der Waals surface area contributed by atoms with Gasteiger partial charge in [0.15, 0.2) is 0 Å². The van der Waals surface area contributed by atoms with Gasteiger partial charge in [0.25, 0.3) is 0 Å². The van der Waals surface area contributed by atoms with E-state index in [4.69, 9.17) is 19.7 Å². The Kier molecular flexibility index (Phi) is 23.1. The third-order valence-electron chi connectivity index (χ3n) is 4.65. The van der Waals surface area contributed by atoms with Gasteiger partial charge in [-0.3, -0.25) is 14.4 Å². The summed E-state index contributed by atoms with van der Waals surface area (Å²) >= 11 is 0. The molecule has 202 valence electrons. The van der Waals surface area contributed by atoms with Crippen molar-refractivity contribution >= 4 is 17.8 Å². The minimum Gasteiger partial charge on any atom is -0.464 e. The normalized spacial score (nSPS) is 12.1. The van der Waals surface area contributed by atoms with E-state index in [9.17, 15) is 14.4 Å². The van der Waals surface area contributed by atoms with E-state index in [-0.39, 0.29) is 31.9 Å². The van der Waals surface area contributed by atoms with Gasteiger partial charge < -0.3 is 25.0 Å². The largest absolute Gasteiger partial charge is 0.464 e. The third-order valence-corrected chi connectivity index (χ3v) is 4.65. The van der Waals surface area contributed by atoms with Gasteiger partial charge in [0.05, 0.1) is 32.6 Å². The van der Waals surface area contributed by atoms with E-state index in [1.807, 2.05) is 12.2 Å². The number of allylic oxidation sites excluding steroid dienone is 9. The summed E-state index contributed by atoms with van der Waals surface area (Å²) in [6.07, 6.45) is 25.9. The van der Waals surface area contributed by atoms with Gasteiger partial charge in [-0.05, 0) is 38.2 Å². The molecule has 8 nitrogen and oxygen atoms in total. The summed E-state index contributed by atoms with van der Waals surface area (Å²) in [5.41, 5.74) is 0. The van der Waals surface area contributed by atoms with Crippen molar-refractivity contribution in [1.82, 2.24) is 5.32 Å². The molecular weight excluding hydrogens is 462 g/mol. The van der Waals surface area contributed by atoms with Crippen LogP contribution in [0.15, 0.2) is 60.8 Å². The van der Waals surface area contributed by atoms with Crippen LogP contribution in [-0.4, -0.2) is 60.5 Å². The number of rotatable bonds is 21. The van der Waals surface area contributed by atoms with Gasteiger partial charge >= 0.3 is 11.9 Å². The highest BCUT2D eigenvalue weighted by molar-refractivity contribution is 5.87. The molecule has 0 unspecified atom stereocenters. The minimum atomic E-state index is -0.991. The number of aliphatic hydroxyl groups is 2. The average molecular weight is 506 g/mol. The van der Waals surface area contributed by atoms with Crippen molar-refractivity contribution in [3.8, 4) is 0 Å². The molecule has 0 aromatic heterocycles. The number of carbonyl (C=O) groups excluding carboxylic acids is 3. The van der Waals surface area contributed by atoms with Crippen molar-refractivity contribution < 1.29 is 34.1 Å². The van der Waals surface area contributed by atoms with Gasteiger partial charge in [-0.25, -0.2) is 0 Å². The molecule has 0 radical (unpaired) electrons. The number of ether oxygens (including phenoxy) is 2. The zero-order valence-electron chi connectivity index (χ0n) is 21.5. The molecule has 0 spiro atoms. The number of esters is 2. The lowest BCUT2D eigenvalue weighted by Crippen LogP contribution is -2.27. The van der Waals surface area contributed by atoms with Crippen molar-refractivity contribution in [2.75, 3.05) is 26.4 Å². The van der Waals surface area contributed by atoms with Gasteiger partial charge in [-0.15, -0.1) is 0 Å². The molecule has 0 aliphatic heterocycles. The average Bonchev–Trinajstić information content (AvgIpc) is 2.88. The van der Waals surface area contributed by atoms with Gasteiger partial charge in [-0.1, -0.05) is 74.4 Å². The van der Waals surface area contributed by atoms with Crippen LogP contribution in [0.1, 0.15) is 64.7 Å². The fraction of sp³-hybridized carbons (Fsp3) is 0.536. The Hall–Kier alpha value is -2.97. The van der Waals surface area contributed by atoms with E-state index < -0.39 is 31.3 Å². The molecular formula is C28H43NO7. The Morgan fingerprint density at radius 1 is 0.778 bits per heavy atom. The number of unbranched alkanes of at least 4 members (excludes halogenated alkanes) is 2. The number of hydrogen-bond donors (Lipinski definition) is 3. The number of amides is 1. The zero-order valence-corrected chi connectivity index (χ0v) is 21.5. The summed E-state index contributed by atoms with van der Waals surface area (Å²) in [7, 11) is 0. The van der Waals surface area contributed by atoms with Gasteiger partial charge in [-0.2, -0.15) is 0 Å². The Labute approximate surface area is 215 Å². The molecule has 0 fully saturated rings. The lowest BCUT2D eigenvalue weighted by molar-refractivity contribution is -0.156. The highest BCUT2D eigenvalue weighted by Gasteiger charge is 2.14. The number of hydrogen-bond acceptors (Lipinski definition) is 7. The van der Waals surface area contributed by atoms with Crippen LogP contribution in [-0.2, 0) is 23.9 Å². The fourth-order valence-corrected chi connectivity index (χ4v) is 2.65. The molecule has 0 aromatic carbocycles. The Balaban J connectivity index is 3.74. The third kappa shape index (κ3) is 22.8. The molecule has 1 amide bonds. The molecule has 0 bridgehead atoms. The zero-order chi connectivity index (χ0) is 26.7. The molecule has 0 atom stereocenters. The number of aliphatic hydroxyl groups excluding tert-OH is 2. The van der Waals surface area contributed by atoms with Crippen molar-refractivity contribution in [1.29, 1.82) is 0 Å². The number of carbonyl (C=O) groups is 3. The van der Waals surface area contributed by atoms with E-state index in [0.717, 1.165) is 25.7 Å². The highest BCUT2D eigenvalue weighted by Crippen LogP contribution is 2.00. The lowest BCUT2D eigenvalue weighted by atomic mass is 10.2. The predicted octanol–water partition coefficient (Wildman–Crippen LogP) is 3.85. The minimum absolute atomic E-state index is 0.0134. The van der Waals surface area contributed by atoms with E-state index in [0.29, 0.717) is 6.42 Å². The molecule has 3 N–H and O–H groups in total. The summed E-state index contributed by atoms with van der Waals surface area (Å²) in [5, 5.41) is 20.3. The standard InChI is InChI=1S/C28H43NO7/c1-2-3-4-5-6-7-8-9-10-11-12-13-14-15-16-17-18-26(32)29-21-22-35-27(33)19-20-28(34)36-25(23-30)24-31/h5-6,8-9,11-12,14-15,17-18,25,30-31H,2-4,7,10,13,16,19-24H2,1H3,(H,29,32)/b6-5-,9-8-,12-11-,15-14-,18-17+. The maximum atomic E-state index is 11.7. The van der Waals surface area contributed by atoms with Crippen LogP contribution in [0, 0.1) is 0 Å². The molecule has 8 heteroatoms. The molecule has 0 rings (SSSR count). The van der Waals surface area contributed by atoms with Crippen molar-refractivity contribution in [3.63, 3.8) is 0 Å². The van der Waals surface area contributed by atoms with Crippen molar-refractivity contribution in [3.05, 3.63) is 60.8 Å². The highest BCUT2D eigenvalue weighted by atomic mass is 16.6. The lowest BCUT2D eigenvalue weighted by Gasteiger charge is -2.12. The quantitative estimate of drug-likeness (QED) is 0.0937. The van der Waals surface area contributed by atoms with Crippen LogP contribution in [0.2, 0.25) is 0 Å². The Bertz CT molecular complexity index is 734. The molecule has 0 heterocycles. The van der Waals surface area contributed by atoms with Crippen LogP contribution in [0.3, 0.4) is 0 Å². The maximum Gasteiger partial charge on any atom is 0.306 e. The van der Waals surface area contributed by atoms with E-state index in [1.165, 1.54) is 18.9 Å². The van der Waals surface area contributed by atoms with Gasteiger partial charge in [0, 0.05) is 0 Å². The van der Waals surface area contributed by atoms with E-state index in [2.05, 4.69) is 48.7 Å². The van der Waals surface area contributed by atoms with Crippen LogP contribution in [0.25, 0.3) is 0 Å². The molecule has 0 saturated heterocycles. The predicted molar refractivity (Wildman–Crippen MR) is 141 cm³/mol. The van der Waals surface area contributed by atoms with Crippen LogP contribution in [0.4, 0.5) is 0 Å². The first-order valence-corrected chi connectivity index (χ1v) is 12.6.